The fourth-order valence-electron chi connectivity index (χ4n) is 4.95. The van der Waals surface area contributed by atoms with Gasteiger partial charge in [-0.15, -0.1) is 0 Å². The molecule has 1 N–H and O–H groups in total. The smallest absolute Gasteiger partial charge is 0.417 e. The Balaban J connectivity index is 1.59. The van der Waals surface area contributed by atoms with Crippen molar-refractivity contribution >= 4 is 34.6 Å². The van der Waals surface area contributed by atoms with Crippen molar-refractivity contribution in [3.8, 4) is 11.8 Å². The quantitative estimate of drug-likeness (QED) is 0.490. The molecule has 3 aliphatic rings. The van der Waals surface area contributed by atoms with Crippen LogP contribution in [0.15, 0.2) is 30.3 Å². The minimum Gasteiger partial charge on any atom is -0.488 e. The maximum absolute atomic E-state index is 15.0. The second-order valence-corrected chi connectivity index (χ2v) is 9.22. The second-order valence-electron chi connectivity index (χ2n) is 8.86. The van der Waals surface area contributed by atoms with Gasteiger partial charge in [-0.25, -0.2) is 4.39 Å². The van der Waals surface area contributed by atoms with Crippen molar-refractivity contribution < 1.29 is 32.2 Å². The number of alkyl halides is 3. The van der Waals surface area contributed by atoms with E-state index in [1.165, 1.54) is 6.07 Å². The van der Waals surface area contributed by atoms with Gasteiger partial charge < -0.3 is 14.7 Å². The van der Waals surface area contributed by atoms with E-state index < -0.39 is 40.3 Å². The lowest BCUT2D eigenvalue weighted by molar-refractivity contribution is -0.137. The zero-order valence-corrected chi connectivity index (χ0v) is 19.0. The Bertz CT molecular complexity index is 1290. The summed E-state index contributed by atoms with van der Waals surface area (Å²) in [5, 5.41) is 18.3. The van der Waals surface area contributed by atoms with Crippen LogP contribution in [-0.4, -0.2) is 34.4 Å². The van der Waals surface area contributed by atoms with E-state index in [0.29, 0.717) is 55.7 Å². The highest BCUT2D eigenvalue weighted by Gasteiger charge is 2.60. The van der Waals surface area contributed by atoms with Gasteiger partial charge in [-0.3, -0.25) is 9.69 Å². The summed E-state index contributed by atoms with van der Waals surface area (Å²) in [4.78, 5) is 16.0. The molecule has 2 aromatic rings. The van der Waals surface area contributed by atoms with E-state index in [-0.39, 0.29) is 17.8 Å². The van der Waals surface area contributed by atoms with Gasteiger partial charge in [0.1, 0.15) is 23.2 Å². The summed E-state index contributed by atoms with van der Waals surface area (Å²) >= 11 is 5.56. The van der Waals surface area contributed by atoms with Gasteiger partial charge in [0.05, 0.1) is 29.5 Å². The van der Waals surface area contributed by atoms with E-state index >= 15 is 0 Å². The second kappa shape index (κ2) is 8.17. The average molecular weight is 505 g/mol. The number of rotatable bonds is 3. The van der Waals surface area contributed by atoms with E-state index in [1.54, 1.807) is 17.0 Å². The molecule has 6 nitrogen and oxygen atoms in total. The molecular weight excluding hydrogens is 486 g/mol. The third-order valence-corrected chi connectivity index (χ3v) is 7.25. The van der Waals surface area contributed by atoms with E-state index in [9.17, 15) is 27.5 Å². The summed E-state index contributed by atoms with van der Waals surface area (Å²) in [5.41, 5.74) is -2.56. The number of ether oxygens (including phenoxy) is 1. The molecule has 5 rings (SSSR count). The molecule has 1 saturated heterocycles. The fraction of sp³-hybridized carbons (Fsp3) is 0.375. The van der Waals surface area contributed by atoms with Crippen molar-refractivity contribution in [3.05, 3.63) is 52.8 Å². The molecule has 2 aliphatic heterocycles. The molecule has 0 radical (unpaired) electrons. The Hall–Kier alpha value is -3.23. The molecule has 1 aliphatic carbocycles. The summed E-state index contributed by atoms with van der Waals surface area (Å²) in [6.45, 7) is -0.111. The summed E-state index contributed by atoms with van der Waals surface area (Å²) in [6.07, 6.45) is -2.48. The number of halogens is 4. The zero-order valence-electron chi connectivity index (χ0n) is 18.2. The van der Waals surface area contributed by atoms with Crippen LogP contribution in [0.1, 0.15) is 42.4 Å². The predicted molar refractivity (Wildman–Crippen MR) is 122 cm³/mol. The number of carbonyl (C=O) groups excluding carboxylic acids is 1. The van der Waals surface area contributed by atoms with Crippen molar-refractivity contribution in [1.29, 1.82) is 5.26 Å². The van der Waals surface area contributed by atoms with E-state index in [2.05, 4.69) is 0 Å². The lowest BCUT2D eigenvalue weighted by atomic mass is 9.75. The zero-order chi connectivity index (χ0) is 25.1. The van der Waals surface area contributed by atoms with Gasteiger partial charge in [0.15, 0.2) is 5.11 Å². The molecule has 0 bridgehead atoms. The Morgan fingerprint density at radius 3 is 2.60 bits per heavy atom. The summed E-state index contributed by atoms with van der Waals surface area (Å²) < 4.78 is 61.4. The van der Waals surface area contributed by atoms with Crippen LogP contribution in [0, 0.1) is 17.1 Å². The standard InChI is InChI=1S/C24H19F4N3O3S/c25-18-9-14(11-29)17(24(26,27)28)10-19(18)30-21(33)23(6-1-7-23)31(22(30)35)15-3-5-20-13(8-15)2-4-16(12-32)34-20/h3,5,8-10,16,32H,1-2,4,6-7,12H2. The lowest BCUT2D eigenvalue weighted by Gasteiger charge is -2.43. The van der Waals surface area contributed by atoms with Gasteiger partial charge >= 0.3 is 6.18 Å². The van der Waals surface area contributed by atoms with E-state index in [1.807, 2.05) is 6.07 Å². The highest BCUT2D eigenvalue weighted by molar-refractivity contribution is 7.81. The SMILES string of the molecule is N#Cc1cc(F)c(N2C(=O)C3(CCC3)N(c3ccc4c(c3)CCC(CO)O4)C2=S)cc1C(F)(F)F. The molecule has 1 amide bonds. The van der Waals surface area contributed by atoms with Gasteiger partial charge in [-0.1, -0.05) is 0 Å². The van der Waals surface area contributed by atoms with Crippen LogP contribution in [0.5, 0.6) is 5.75 Å². The van der Waals surface area contributed by atoms with Gasteiger partial charge in [0.25, 0.3) is 5.91 Å². The van der Waals surface area contributed by atoms with Crippen LogP contribution in [0.2, 0.25) is 0 Å². The van der Waals surface area contributed by atoms with Crippen LogP contribution in [0.3, 0.4) is 0 Å². The van der Waals surface area contributed by atoms with Gasteiger partial charge in [0, 0.05) is 5.69 Å². The third kappa shape index (κ3) is 3.54. The van der Waals surface area contributed by atoms with Gasteiger partial charge in [0.2, 0.25) is 0 Å². The van der Waals surface area contributed by atoms with Crippen LogP contribution in [0.25, 0.3) is 0 Å². The monoisotopic (exact) mass is 505 g/mol. The minimum absolute atomic E-state index is 0.111. The number of aryl methyl sites for hydroxylation is 1. The molecule has 0 aromatic heterocycles. The number of hydrogen-bond acceptors (Lipinski definition) is 5. The number of hydrogen-bond donors (Lipinski definition) is 1. The molecule has 182 valence electrons. The molecule has 1 unspecified atom stereocenters. The molecular formula is C24H19F4N3O3S. The van der Waals surface area contributed by atoms with Crippen LogP contribution in [0.4, 0.5) is 28.9 Å². The number of fused-ring (bicyclic) bond motifs is 1. The molecule has 1 atom stereocenters. The topological polar surface area (TPSA) is 76.8 Å². The normalized spacial score (nSPS) is 21.0. The Labute approximate surface area is 203 Å². The third-order valence-electron chi connectivity index (χ3n) is 6.88. The molecule has 1 saturated carbocycles. The molecule has 11 heteroatoms. The summed E-state index contributed by atoms with van der Waals surface area (Å²) in [6, 6.07) is 7.53. The van der Waals surface area contributed by atoms with E-state index in [0.717, 1.165) is 10.5 Å². The number of thiocarbonyl (C=S) groups is 1. The number of aliphatic hydroxyl groups excluding tert-OH is 1. The highest BCUT2D eigenvalue weighted by atomic mass is 32.1. The van der Waals surface area contributed by atoms with Crippen molar-refractivity contribution in [3.63, 3.8) is 0 Å². The average Bonchev–Trinajstić information content (AvgIpc) is 3.04. The largest absolute Gasteiger partial charge is 0.488 e. The first-order valence-electron chi connectivity index (χ1n) is 11.0. The minimum atomic E-state index is -4.92. The van der Waals surface area contributed by atoms with Crippen LogP contribution >= 0.6 is 12.2 Å². The molecule has 1 spiro atoms. The molecule has 2 fully saturated rings. The Morgan fingerprint density at radius 2 is 2.00 bits per heavy atom. The maximum atomic E-state index is 15.0. The Kier molecular flexibility index (Phi) is 5.49. The van der Waals surface area contributed by atoms with Gasteiger partial charge in [-0.05, 0) is 80.2 Å². The van der Waals surface area contributed by atoms with Crippen molar-refractivity contribution in [1.82, 2.24) is 0 Å². The molecule has 35 heavy (non-hydrogen) atoms. The summed E-state index contributed by atoms with van der Waals surface area (Å²) in [7, 11) is 0. The number of aliphatic hydroxyl groups is 1. The molecule has 2 aromatic carbocycles. The number of anilines is 2. The summed E-state index contributed by atoms with van der Waals surface area (Å²) in [5.74, 6) is -1.14. The van der Waals surface area contributed by atoms with E-state index in [4.69, 9.17) is 22.2 Å². The molecule has 2 heterocycles. The van der Waals surface area contributed by atoms with Gasteiger partial charge in [-0.2, -0.15) is 18.4 Å². The van der Waals surface area contributed by atoms with Crippen LogP contribution in [-0.2, 0) is 17.4 Å². The first-order valence-corrected chi connectivity index (χ1v) is 11.4. The number of carbonyl (C=O) groups is 1. The predicted octanol–water partition coefficient (Wildman–Crippen LogP) is 4.46. The van der Waals surface area contributed by atoms with Crippen molar-refractivity contribution in [2.45, 2.75) is 49.9 Å². The maximum Gasteiger partial charge on any atom is 0.417 e. The highest BCUT2D eigenvalue weighted by Crippen LogP contribution is 2.49. The lowest BCUT2D eigenvalue weighted by Crippen LogP contribution is -2.55. The fourth-order valence-corrected chi connectivity index (χ4v) is 5.41. The first-order chi connectivity index (χ1) is 16.6. The van der Waals surface area contributed by atoms with Crippen molar-refractivity contribution in [2.75, 3.05) is 16.4 Å². The number of nitriles is 1. The Morgan fingerprint density at radius 1 is 1.26 bits per heavy atom. The first kappa shape index (κ1) is 23.5. The van der Waals surface area contributed by atoms with Crippen molar-refractivity contribution in [2.24, 2.45) is 0 Å². The number of nitrogens with zero attached hydrogens (tertiary/aromatic N) is 3. The van der Waals surface area contributed by atoms with Crippen LogP contribution < -0.4 is 14.5 Å². The number of amides is 1. The number of benzene rings is 2.